The van der Waals surface area contributed by atoms with Crippen molar-refractivity contribution < 1.29 is 9.59 Å². The van der Waals surface area contributed by atoms with Crippen LogP contribution in [-0.4, -0.2) is 36.6 Å². The van der Waals surface area contributed by atoms with Crippen LogP contribution in [0.2, 0.25) is 0 Å². The number of aryl methyl sites for hydroxylation is 1. The fourth-order valence-electron chi connectivity index (χ4n) is 3.00. The van der Waals surface area contributed by atoms with Crippen molar-refractivity contribution in [2.24, 2.45) is 11.1 Å². The Hall–Kier alpha value is -2.73. The van der Waals surface area contributed by atoms with Gasteiger partial charge in [0.25, 0.3) is 0 Å². The number of allylic oxidation sites excluding steroid dienone is 1. The molecule has 6 heteroatoms. The molecular weight excluding hydrogens is 340 g/mol. The lowest BCUT2D eigenvalue weighted by molar-refractivity contribution is -0.106. The molecule has 2 aromatic rings. The highest BCUT2D eigenvalue weighted by Crippen LogP contribution is 2.46. The minimum absolute atomic E-state index is 0.0959. The van der Waals surface area contributed by atoms with Crippen molar-refractivity contribution in [3.63, 3.8) is 0 Å². The summed E-state index contributed by atoms with van der Waals surface area (Å²) >= 11 is 0. The van der Waals surface area contributed by atoms with Gasteiger partial charge in [-0.3, -0.25) is 9.59 Å². The standard InChI is InChI=1S/C20H25N3O.CH3NO/c1-20(8-9-20)19(21)7-5-15-4-6-16-13-17(14-24)23(18(16)12-15)11-3-10-22-2;2-1-3/h4-7,12-14,21-22H,3,8-11H2,1-2H3;1H,(H2,2,3)/b7-5+,21-19?;. The average Bonchev–Trinajstić information content (AvgIpc) is 3.32. The topological polar surface area (TPSA) is 101 Å². The summed E-state index contributed by atoms with van der Waals surface area (Å²) in [6.07, 6.45) is 8.32. The molecule has 6 nitrogen and oxygen atoms in total. The molecule has 4 N–H and O–H groups in total. The van der Waals surface area contributed by atoms with Gasteiger partial charge in [-0.2, -0.15) is 0 Å². The Morgan fingerprint density at radius 3 is 2.63 bits per heavy atom. The first-order valence-electron chi connectivity index (χ1n) is 9.14. The number of aromatic nitrogens is 1. The third-order valence-electron chi connectivity index (χ3n) is 4.98. The summed E-state index contributed by atoms with van der Waals surface area (Å²) in [6, 6.07) is 8.16. The Labute approximate surface area is 159 Å². The number of rotatable bonds is 8. The van der Waals surface area contributed by atoms with Crippen molar-refractivity contribution in [2.45, 2.75) is 32.7 Å². The van der Waals surface area contributed by atoms with E-state index < -0.39 is 0 Å². The van der Waals surface area contributed by atoms with E-state index in [9.17, 15) is 4.79 Å². The summed E-state index contributed by atoms with van der Waals surface area (Å²) in [4.78, 5) is 20.0. The second-order valence-corrected chi connectivity index (χ2v) is 7.06. The molecule has 1 heterocycles. The number of fused-ring (bicyclic) bond motifs is 1. The van der Waals surface area contributed by atoms with Gasteiger partial charge >= 0.3 is 0 Å². The summed E-state index contributed by atoms with van der Waals surface area (Å²) in [5, 5.41) is 12.4. The molecule has 0 saturated heterocycles. The third kappa shape index (κ3) is 5.14. The molecule has 0 bridgehead atoms. The monoisotopic (exact) mass is 368 g/mol. The van der Waals surface area contributed by atoms with E-state index in [2.05, 4.69) is 34.7 Å². The molecule has 0 unspecified atom stereocenters. The smallest absolute Gasteiger partial charge is 0.204 e. The van der Waals surface area contributed by atoms with E-state index in [1.54, 1.807) is 0 Å². The number of aldehydes is 1. The van der Waals surface area contributed by atoms with Crippen molar-refractivity contribution in [3.05, 3.63) is 41.6 Å². The van der Waals surface area contributed by atoms with Gasteiger partial charge in [0.15, 0.2) is 6.29 Å². The van der Waals surface area contributed by atoms with Crippen LogP contribution in [-0.2, 0) is 11.3 Å². The van der Waals surface area contributed by atoms with E-state index in [1.807, 2.05) is 31.3 Å². The van der Waals surface area contributed by atoms with Gasteiger partial charge in [-0.15, -0.1) is 0 Å². The largest absolute Gasteiger partial charge is 0.372 e. The molecule has 1 saturated carbocycles. The fraction of sp³-hybridized carbons (Fsp3) is 0.381. The predicted molar refractivity (Wildman–Crippen MR) is 110 cm³/mol. The SMILES string of the molecule is CNCCCn1c(C=O)cc2ccc(/C=C/C(=N)C3(C)CC3)cc21.NC=O. The molecule has 27 heavy (non-hydrogen) atoms. The Balaban J connectivity index is 0.000000817. The van der Waals surface area contributed by atoms with Crippen LogP contribution in [0.15, 0.2) is 30.3 Å². The zero-order valence-corrected chi connectivity index (χ0v) is 16.0. The van der Waals surface area contributed by atoms with Crippen molar-refractivity contribution in [2.75, 3.05) is 13.6 Å². The van der Waals surface area contributed by atoms with E-state index in [1.165, 1.54) is 0 Å². The maximum Gasteiger partial charge on any atom is 0.204 e. The minimum atomic E-state index is 0.0959. The van der Waals surface area contributed by atoms with E-state index >= 15 is 0 Å². The van der Waals surface area contributed by atoms with Crippen LogP contribution in [0.1, 0.15) is 42.2 Å². The molecule has 1 aromatic heterocycles. The predicted octanol–water partition coefficient (Wildman–Crippen LogP) is 3.00. The first kappa shape index (κ1) is 20.6. The van der Waals surface area contributed by atoms with Crippen LogP contribution in [0.3, 0.4) is 0 Å². The van der Waals surface area contributed by atoms with Crippen molar-refractivity contribution in [3.8, 4) is 0 Å². The van der Waals surface area contributed by atoms with Crippen LogP contribution in [0, 0.1) is 10.8 Å². The van der Waals surface area contributed by atoms with E-state index in [0.717, 1.165) is 60.8 Å². The molecule has 1 amide bonds. The summed E-state index contributed by atoms with van der Waals surface area (Å²) in [6.45, 7) is 3.89. The zero-order valence-electron chi connectivity index (χ0n) is 16.0. The van der Waals surface area contributed by atoms with Crippen LogP contribution < -0.4 is 11.1 Å². The van der Waals surface area contributed by atoms with Crippen LogP contribution in [0.4, 0.5) is 0 Å². The molecule has 0 atom stereocenters. The Morgan fingerprint density at radius 1 is 1.33 bits per heavy atom. The normalized spacial score (nSPS) is 14.6. The summed E-state index contributed by atoms with van der Waals surface area (Å²) in [5.41, 5.74) is 7.85. The number of carbonyl (C=O) groups is 2. The second-order valence-electron chi connectivity index (χ2n) is 7.06. The molecule has 1 aliphatic carbocycles. The Kier molecular flexibility index (Phi) is 7.07. The average molecular weight is 368 g/mol. The van der Waals surface area contributed by atoms with Gasteiger partial charge in [-0.1, -0.05) is 25.1 Å². The van der Waals surface area contributed by atoms with E-state index in [0.29, 0.717) is 5.71 Å². The number of carbonyl (C=O) groups excluding carboxylic acids is 2. The molecule has 1 aromatic carbocycles. The highest BCUT2D eigenvalue weighted by molar-refractivity contribution is 6.02. The number of nitrogens with zero attached hydrogens (tertiary/aromatic N) is 1. The number of hydrogen-bond acceptors (Lipinski definition) is 4. The fourth-order valence-corrected chi connectivity index (χ4v) is 3.00. The number of primary amides is 1. The van der Waals surface area contributed by atoms with Crippen LogP contribution >= 0.6 is 0 Å². The molecule has 144 valence electrons. The zero-order chi connectivity index (χ0) is 19.9. The molecule has 0 spiro atoms. The summed E-state index contributed by atoms with van der Waals surface area (Å²) in [5.74, 6) is 0. The Morgan fingerprint density at radius 2 is 2.04 bits per heavy atom. The van der Waals surface area contributed by atoms with E-state index in [-0.39, 0.29) is 11.8 Å². The number of benzene rings is 1. The lowest BCUT2D eigenvalue weighted by Gasteiger charge is -2.08. The van der Waals surface area contributed by atoms with Crippen LogP contribution in [0.5, 0.6) is 0 Å². The summed E-state index contributed by atoms with van der Waals surface area (Å²) < 4.78 is 2.09. The molecule has 1 fully saturated rings. The number of amides is 1. The first-order valence-corrected chi connectivity index (χ1v) is 9.14. The molecule has 1 aliphatic rings. The maximum absolute atomic E-state index is 11.4. The van der Waals surface area contributed by atoms with Gasteiger partial charge in [0.05, 0.1) is 5.69 Å². The van der Waals surface area contributed by atoms with Gasteiger partial charge in [-0.05, 0) is 56.6 Å². The highest BCUT2D eigenvalue weighted by atomic mass is 16.1. The second kappa shape index (κ2) is 9.28. The maximum atomic E-state index is 11.4. The number of nitrogens with two attached hydrogens (primary N) is 1. The van der Waals surface area contributed by atoms with Gasteiger partial charge in [-0.25, -0.2) is 0 Å². The number of hydrogen-bond donors (Lipinski definition) is 3. The third-order valence-corrected chi connectivity index (χ3v) is 4.98. The van der Waals surface area contributed by atoms with Gasteiger partial charge in [0.1, 0.15) is 0 Å². The lowest BCUT2D eigenvalue weighted by atomic mass is 10.0. The van der Waals surface area contributed by atoms with Crippen molar-refractivity contribution in [1.29, 1.82) is 5.41 Å². The number of nitrogens with one attached hydrogen (secondary N) is 2. The van der Waals surface area contributed by atoms with Gasteiger partial charge < -0.3 is 21.0 Å². The lowest BCUT2D eigenvalue weighted by Crippen LogP contribution is -2.12. The van der Waals surface area contributed by atoms with E-state index in [4.69, 9.17) is 10.2 Å². The van der Waals surface area contributed by atoms with Crippen molar-refractivity contribution in [1.82, 2.24) is 9.88 Å². The minimum Gasteiger partial charge on any atom is -0.372 e. The quantitative estimate of drug-likeness (QED) is 0.379. The van der Waals surface area contributed by atoms with Gasteiger partial charge in [0.2, 0.25) is 6.41 Å². The molecule has 3 rings (SSSR count). The Bertz CT molecular complexity index is 847. The molecular formula is C21H28N4O2. The van der Waals surface area contributed by atoms with Crippen molar-refractivity contribution >= 4 is 35.4 Å². The molecule has 0 radical (unpaired) electrons. The first-order chi connectivity index (χ1) is 13.0. The summed E-state index contributed by atoms with van der Waals surface area (Å²) in [7, 11) is 1.94. The highest BCUT2D eigenvalue weighted by Gasteiger charge is 2.40. The molecule has 0 aliphatic heterocycles. The van der Waals surface area contributed by atoms with Crippen LogP contribution in [0.25, 0.3) is 17.0 Å². The van der Waals surface area contributed by atoms with Gasteiger partial charge in [0, 0.05) is 28.6 Å².